The molecule has 0 aromatic heterocycles. The molecule has 1 aliphatic heterocycles. The van der Waals surface area contributed by atoms with E-state index < -0.39 is 0 Å². The summed E-state index contributed by atoms with van der Waals surface area (Å²) in [5, 5.41) is 4.31. The van der Waals surface area contributed by atoms with Gasteiger partial charge in [-0.25, -0.2) is 0 Å². The summed E-state index contributed by atoms with van der Waals surface area (Å²) in [5.74, 6) is 0. The second kappa shape index (κ2) is 4.71. The van der Waals surface area contributed by atoms with Crippen molar-refractivity contribution in [3.05, 3.63) is 41.1 Å². The minimum atomic E-state index is 0.483. The van der Waals surface area contributed by atoms with E-state index in [1.54, 1.807) is 6.20 Å². The Hall–Kier alpha value is -1.28. The van der Waals surface area contributed by atoms with E-state index in [2.05, 4.69) is 42.6 Å². The highest BCUT2D eigenvalue weighted by molar-refractivity contribution is 6.76. The van der Waals surface area contributed by atoms with Crippen LogP contribution in [-0.2, 0) is 6.42 Å². The van der Waals surface area contributed by atoms with E-state index in [4.69, 9.17) is 11.6 Å². The molecule has 0 saturated carbocycles. The van der Waals surface area contributed by atoms with Crippen LogP contribution < -0.4 is 5.43 Å². The molecule has 0 N–H and O–H groups in total. The first kappa shape index (κ1) is 11.2. The first-order chi connectivity index (χ1) is 7.72. The molecule has 2 rings (SSSR count). The number of rotatable bonds is 3. The highest BCUT2D eigenvalue weighted by Gasteiger charge is 2.15. The topological polar surface area (TPSA) is 26.5 Å². The Morgan fingerprint density at radius 3 is 2.75 bits per heavy atom. The molecule has 1 aliphatic rings. The molecule has 1 aromatic rings. The number of nitrogens with zero attached hydrogens (tertiary/aromatic N) is 2. The van der Waals surface area contributed by atoms with Crippen LogP contribution in [0.15, 0.2) is 29.5 Å². The molecule has 0 fully saturated rings. The van der Waals surface area contributed by atoms with Crippen molar-refractivity contribution in [1.82, 2.24) is 5.43 Å². The maximum absolute atomic E-state index is 6.00. The van der Waals surface area contributed by atoms with Gasteiger partial charge in [-0.15, -0.1) is 5.10 Å². The van der Waals surface area contributed by atoms with Crippen LogP contribution in [0.4, 0.5) is 0 Å². The van der Waals surface area contributed by atoms with Crippen LogP contribution in [-0.4, -0.2) is 5.17 Å². The standard InChI is InChI=1S/C13H14ClN2/c1-3-4-10-6-5-9(2)11(7-10)12-8-15-16-13(12)14/h5-8H,3-4H2,1-2H3. The zero-order chi connectivity index (χ0) is 11.5. The van der Waals surface area contributed by atoms with Gasteiger partial charge in [0.2, 0.25) is 0 Å². The van der Waals surface area contributed by atoms with Crippen LogP contribution in [0.25, 0.3) is 5.57 Å². The van der Waals surface area contributed by atoms with Gasteiger partial charge in [0.1, 0.15) is 0 Å². The predicted molar refractivity (Wildman–Crippen MR) is 68.6 cm³/mol. The highest BCUT2D eigenvalue weighted by Crippen LogP contribution is 2.25. The van der Waals surface area contributed by atoms with E-state index >= 15 is 0 Å². The molecule has 0 aliphatic carbocycles. The van der Waals surface area contributed by atoms with Crippen LogP contribution >= 0.6 is 11.6 Å². The summed E-state index contributed by atoms with van der Waals surface area (Å²) >= 11 is 6.00. The normalized spacial score (nSPS) is 14.4. The van der Waals surface area contributed by atoms with Crippen molar-refractivity contribution in [2.75, 3.05) is 0 Å². The molecule has 0 atom stereocenters. The molecule has 1 aromatic carbocycles. The Kier molecular flexibility index (Phi) is 3.30. The summed E-state index contributed by atoms with van der Waals surface area (Å²) in [6, 6.07) is 6.48. The van der Waals surface area contributed by atoms with E-state index in [-0.39, 0.29) is 0 Å². The highest BCUT2D eigenvalue weighted by atomic mass is 35.5. The van der Waals surface area contributed by atoms with Gasteiger partial charge in [-0.3, -0.25) is 0 Å². The summed E-state index contributed by atoms with van der Waals surface area (Å²) in [6.45, 7) is 4.26. The first-order valence-corrected chi connectivity index (χ1v) is 5.84. The molecule has 16 heavy (non-hydrogen) atoms. The Morgan fingerprint density at radius 1 is 1.31 bits per heavy atom. The molecule has 0 unspecified atom stereocenters. The van der Waals surface area contributed by atoms with Crippen molar-refractivity contribution in [3.8, 4) is 0 Å². The number of benzene rings is 1. The molecule has 1 heterocycles. The van der Waals surface area contributed by atoms with Gasteiger partial charge in [0, 0.05) is 5.57 Å². The fraction of sp³-hybridized carbons (Fsp3) is 0.308. The summed E-state index contributed by atoms with van der Waals surface area (Å²) in [6.07, 6.45) is 3.96. The number of allylic oxidation sites excluding steroid dienone is 1. The maximum atomic E-state index is 6.00. The number of hydrogen-bond donors (Lipinski definition) is 0. The Labute approximate surface area is 101 Å². The predicted octanol–water partition coefficient (Wildman–Crippen LogP) is 3.46. The van der Waals surface area contributed by atoms with Crippen LogP contribution in [0.2, 0.25) is 0 Å². The second-order valence-corrected chi connectivity index (χ2v) is 4.31. The average molecular weight is 234 g/mol. The van der Waals surface area contributed by atoms with E-state index in [0.29, 0.717) is 5.17 Å². The fourth-order valence-corrected chi connectivity index (χ4v) is 2.02. The molecule has 3 heteroatoms. The van der Waals surface area contributed by atoms with Crippen molar-refractivity contribution in [2.24, 2.45) is 5.10 Å². The van der Waals surface area contributed by atoms with Crippen molar-refractivity contribution >= 4 is 22.3 Å². The van der Waals surface area contributed by atoms with Crippen molar-refractivity contribution < 1.29 is 0 Å². The van der Waals surface area contributed by atoms with Crippen molar-refractivity contribution in [2.45, 2.75) is 26.7 Å². The zero-order valence-electron chi connectivity index (χ0n) is 9.50. The lowest BCUT2D eigenvalue weighted by atomic mass is 9.97. The maximum Gasteiger partial charge on any atom is 0.161 e. The van der Waals surface area contributed by atoms with Crippen LogP contribution in [0.1, 0.15) is 30.0 Å². The fourth-order valence-electron chi connectivity index (χ4n) is 1.83. The third-order valence-corrected chi connectivity index (χ3v) is 2.96. The monoisotopic (exact) mass is 233 g/mol. The second-order valence-electron chi connectivity index (χ2n) is 3.95. The quantitative estimate of drug-likeness (QED) is 0.765. The van der Waals surface area contributed by atoms with E-state index in [9.17, 15) is 0 Å². The average Bonchev–Trinajstić information content (AvgIpc) is 2.68. The van der Waals surface area contributed by atoms with E-state index in [1.165, 1.54) is 11.1 Å². The molecule has 0 saturated heterocycles. The van der Waals surface area contributed by atoms with Gasteiger partial charge in [0.05, 0.1) is 6.20 Å². The molecule has 0 bridgehead atoms. The summed E-state index contributed by atoms with van der Waals surface area (Å²) in [7, 11) is 0. The lowest BCUT2D eigenvalue weighted by Gasteiger charge is -2.08. The van der Waals surface area contributed by atoms with Crippen LogP contribution in [0, 0.1) is 6.92 Å². The first-order valence-electron chi connectivity index (χ1n) is 5.46. The minimum absolute atomic E-state index is 0.483. The molecule has 0 spiro atoms. The summed E-state index contributed by atoms with van der Waals surface area (Å²) in [4.78, 5) is 0. The van der Waals surface area contributed by atoms with Crippen LogP contribution in [0.5, 0.6) is 0 Å². The van der Waals surface area contributed by atoms with Crippen LogP contribution in [0.3, 0.4) is 0 Å². The number of halogens is 1. The van der Waals surface area contributed by atoms with Gasteiger partial charge in [0.15, 0.2) is 5.17 Å². The van der Waals surface area contributed by atoms with Gasteiger partial charge in [0.25, 0.3) is 0 Å². The molecule has 0 amide bonds. The van der Waals surface area contributed by atoms with Gasteiger partial charge >= 0.3 is 0 Å². The summed E-state index contributed by atoms with van der Waals surface area (Å²) < 4.78 is 0. The largest absolute Gasteiger partial charge is 0.161 e. The number of aryl methyl sites for hydroxylation is 2. The Bertz CT molecular complexity index is 461. The van der Waals surface area contributed by atoms with Crippen molar-refractivity contribution in [1.29, 1.82) is 0 Å². The SMILES string of the molecule is CCCc1ccc(C)c(C2=C[N]N=C2Cl)c1. The van der Waals surface area contributed by atoms with E-state index in [0.717, 1.165) is 24.0 Å². The van der Waals surface area contributed by atoms with E-state index in [1.807, 2.05) is 0 Å². The molecule has 83 valence electrons. The summed E-state index contributed by atoms with van der Waals surface area (Å²) in [5.41, 5.74) is 8.44. The third kappa shape index (κ3) is 2.12. The third-order valence-electron chi connectivity index (χ3n) is 2.69. The molecular weight excluding hydrogens is 220 g/mol. The molecule has 2 nitrogen and oxygen atoms in total. The zero-order valence-corrected chi connectivity index (χ0v) is 10.3. The number of hydrogen-bond acceptors (Lipinski definition) is 1. The Morgan fingerprint density at radius 2 is 2.12 bits per heavy atom. The lowest BCUT2D eigenvalue weighted by Crippen LogP contribution is -1.95. The smallest absolute Gasteiger partial charge is 0.157 e. The van der Waals surface area contributed by atoms with Gasteiger partial charge in [-0.2, -0.15) is 5.43 Å². The minimum Gasteiger partial charge on any atom is -0.157 e. The molecule has 1 radical (unpaired) electrons. The van der Waals surface area contributed by atoms with Gasteiger partial charge in [-0.1, -0.05) is 43.1 Å². The molecular formula is C13H14ClN2. The van der Waals surface area contributed by atoms with Gasteiger partial charge < -0.3 is 0 Å². The lowest BCUT2D eigenvalue weighted by molar-refractivity contribution is 0.920. The van der Waals surface area contributed by atoms with Crippen molar-refractivity contribution in [3.63, 3.8) is 0 Å². The van der Waals surface area contributed by atoms with Gasteiger partial charge in [-0.05, 0) is 30.0 Å². The Balaban J connectivity index is 2.40.